The van der Waals surface area contributed by atoms with E-state index in [1.807, 2.05) is 31.2 Å². The molecule has 1 heterocycles. The maximum atomic E-state index is 12.3. The van der Waals surface area contributed by atoms with E-state index in [-0.39, 0.29) is 11.4 Å². The zero-order chi connectivity index (χ0) is 17.8. The van der Waals surface area contributed by atoms with Crippen molar-refractivity contribution < 1.29 is 4.74 Å². The van der Waals surface area contributed by atoms with Crippen LogP contribution in [0.3, 0.4) is 0 Å². The summed E-state index contributed by atoms with van der Waals surface area (Å²) in [6.07, 6.45) is 1.54. The molecule has 0 aliphatic heterocycles. The molecule has 3 rings (SSSR count). The first-order chi connectivity index (χ1) is 12.1. The van der Waals surface area contributed by atoms with Crippen molar-refractivity contribution in [3.63, 3.8) is 0 Å². The van der Waals surface area contributed by atoms with Gasteiger partial charge in [-0.25, -0.2) is 0 Å². The predicted octanol–water partition coefficient (Wildman–Crippen LogP) is 3.50. The Balaban J connectivity index is 1.91. The van der Waals surface area contributed by atoms with Gasteiger partial charge in [0.05, 0.1) is 17.8 Å². The topological polar surface area (TPSA) is 79.9 Å². The van der Waals surface area contributed by atoms with Gasteiger partial charge in [-0.3, -0.25) is 4.79 Å². The number of rotatable bonds is 4. The van der Waals surface area contributed by atoms with Crippen LogP contribution in [0.25, 0.3) is 0 Å². The Morgan fingerprint density at radius 1 is 1.16 bits per heavy atom. The highest BCUT2D eigenvalue weighted by Crippen LogP contribution is 2.23. The number of hydrogen-bond donors (Lipinski definition) is 1. The van der Waals surface area contributed by atoms with Crippen molar-refractivity contribution in [2.75, 3.05) is 5.32 Å². The normalized spacial score (nSPS) is 10.1. The summed E-state index contributed by atoms with van der Waals surface area (Å²) >= 11 is 0. The summed E-state index contributed by atoms with van der Waals surface area (Å²) in [7, 11) is 1.64. The second-order valence-corrected chi connectivity index (χ2v) is 5.53. The van der Waals surface area contributed by atoms with Crippen molar-refractivity contribution in [1.82, 2.24) is 9.55 Å². The number of ether oxygens (including phenoxy) is 1. The van der Waals surface area contributed by atoms with Gasteiger partial charge in [-0.05, 0) is 42.8 Å². The maximum Gasteiger partial charge on any atom is 0.293 e. The number of para-hydroxylation sites is 1. The average Bonchev–Trinajstić information content (AvgIpc) is 2.62. The molecule has 0 aliphatic carbocycles. The second-order valence-electron chi connectivity index (χ2n) is 5.53. The number of nitrogens with zero attached hydrogens (tertiary/aromatic N) is 3. The van der Waals surface area contributed by atoms with Crippen molar-refractivity contribution in [3.8, 4) is 17.7 Å². The van der Waals surface area contributed by atoms with Crippen molar-refractivity contribution >= 4 is 11.5 Å². The SMILES string of the molecule is Cc1ccccc1Oc1cn(C)c(=O)c(Nc2ccc(C#N)cc2)n1. The molecule has 0 atom stereocenters. The molecule has 124 valence electrons. The zero-order valence-electron chi connectivity index (χ0n) is 13.9. The van der Waals surface area contributed by atoms with E-state index in [1.165, 1.54) is 4.57 Å². The highest BCUT2D eigenvalue weighted by molar-refractivity contribution is 5.57. The van der Waals surface area contributed by atoms with Crippen molar-refractivity contribution in [1.29, 1.82) is 5.26 Å². The van der Waals surface area contributed by atoms with E-state index in [0.29, 0.717) is 22.9 Å². The van der Waals surface area contributed by atoms with Gasteiger partial charge in [0.25, 0.3) is 5.56 Å². The molecule has 0 fully saturated rings. The number of nitrogens with one attached hydrogen (secondary N) is 1. The third kappa shape index (κ3) is 3.67. The van der Waals surface area contributed by atoms with Gasteiger partial charge in [0.15, 0.2) is 0 Å². The zero-order valence-corrected chi connectivity index (χ0v) is 13.9. The molecule has 0 amide bonds. The summed E-state index contributed by atoms with van der Waals surface area (Å²) in [5.41, 5.74) is 1.90. The number of hydrogen-bond acceptors (Lipinski definition) is 5. The van der Waals surface area contributed by atoms with Gasteiger partial charge in [0.2, 0.25) is 11.7 Å². The lowest BCUT2D eigenvalue weighted by molar-refractivity contribution is 0.452. The largest absolute Gasteiger partial charge is 0.437 e. The fourth-order valence-electron chi connectivity index (χ4n) is 2.26. The third-order valence-corrected chi connectivity index (χ3v) is 3.63. The van der Waals surface area contributed by atoms with E-state index in [9.17, 15) is 4.79 Å². The van der Waals surface area contributed by atoms with E-state index in [2.05, 4.69) is 16.4 Å². The minimum absolute atomic E-state index is 0.151. The summed E-state index contributed by atoms with van der Waals surface area (Å²) in [5.74, 6) is 1.14. The Morgan fingerprint density at radius 2 is 1.88 bits per heavy atom. The predicted molar refractivity (Wildman–Crippen MR) is 95.2 cm³/mol. The second kappa shape index (κ2) is 6.89. The molecule has 0 saturated heterocycles. The lowest BCUT2D eigenvalue weighted by Crippen LogP contribution is -2.21. The van der Waals surface area contributed by atoms with Crippen LogP contribution in [0.4, 0.5) is 11.5 Å². The Morgan fingerprint density at radius 3 is 2.56 bits per heavy atom. The van der Waals surface area contributed by atoms with Crippen LogP contribution in [-0.2, 0) is 7.05 Å². The van der Waals surface area contributed by atoms with Crippen LogP contribution < -0.4 is 15.6 Å². The summed E-state index contributed by atoms with van der Waals surface area (Å²) in [5, 5.41) is 11.8. The van der Waals surface area contributed by atoms with Crippen LogP contribution in [0.15, 0.2) is 59.5 Å². The van der Waals surface area contributed by atoms with Gasteiger partial charge in [-0.1, -0.05) is 18.2 Å². The van der Waals surface area contributed by atoms with Gasteiger partial charge >= 0.3 is 0 Å². The molecule has 0 spiro atoms. The quantitative estimate of drug-likeness (QED) is 0.791. The standard InChI is InChI=1S/C19H16N4O2/c1-13-5-3-4-6-16(13)25-17-12-23(2)19(24)18(22-17)21-15-9-7-14(11-20)8-10-15/h3-10,12H,1-2H3,(H,21,22). The molecule has 0 bridgehead atoms. The number of nitriles is 1. The first-order valence-corrected chi connectivity index (χ1v) is 7.65. The van der Waals surface area contributed by atoms with Gasteiger partial charge in [0, 0.05) is 12.7 Å². The van der Waals surface area contributed by atoms with Gasteiger partial charge in [0.1, 0.15) is 5.75 Å². The van der Waals surface area contributed by atoms with Gasteiger partial charge in [-0.2, -0.15) is 10.2 Å². The first kappa shape index (κ1) is 16.3. The van der Waals surface area contributed by atoms with Gasteiger partial charge < -0.3 is 14.6 Å². The summed E-state index contributed by atoms with van der Waals surface area (Å²) < 4.78 is 7.22. The van der Waals surface area contributed by atoms with E-state index < -0.39 is 0 Å². The number of aryl methyl sites for hydroxylation is 2. The number of aromatic nitrogens is 2. The molecule has 1 N–H and O–H groups in total. The molecule has 3 aromatic rings. The number of benzene rings is 2. The van der Waals surface area contributed by atoms with E-state index >= 15 is 0 Å². The molecule has 0 unspecified atom stereocenters. The third-order valence-electron chi connectivity index (χ3n) is 3.63. The fourth-order valence-corrected chi connectivity index (χ4v) is 2.26. The van der Waals surface area contributed by atoms with Crippen LogP contribution in [-0.4, -0.2) is 9.55 Å². The van der Waals surface area contributed by atoms with Crippen LogP contribution >= 0.6 is 0 Å². The molecule has 0 saturated carbocycles. The summed E-state index contributed by atoms with van der Waals surface area (Å²) in [4.78, 5) is 16.6. The molecule has 6 heteroatoms. The smallest absolute Gasteiger partial charge is 0.293 e. The highest BCUT2D eigenvalue weighted by atomic mass is 16.5. The fraction of sp³-hybridized carbons (Fsp3) is 0.105. The lowest BCUT2D eigenvalue weighted by atomic mass is 10.2. The highest BCUT2D eigenvalue weighted by Gasteiger charge is 2.10. The van der Waals surface area contributed by atoms with Crippen molar-refractivity contribution in [3.05, 3.63) is 76.2 Å². The van der Waals surface area contributed by atoms with E-state index in [1.54, 1.807) is 37.5 Å². The van der Waals surface area contributed by atoms with Crippen LogP contribution in [0.2, 0.25) is 0 Å². The Kier molecular flexibility index (Phi) is 4.48. The van der Waals surface area contributed by atoms with E-state index in [0.717, 1.165) is 5.56 Å². The Hall–Kier alpha value is -3.59. The Labute approximate surface area is 145 Å². The van der Waals surface area contributed by atoms with Gasteiger partial charge in [-0.15, -0.1) is 0 Å². The molecule has 0 aliphatic rings. The van der Waals surface area contributed by atoms with Crippen LogP contribution in [0.5, 0.6) is 11.6 Å². The van der Waals surface area contributed by atoms with E-state index in [4.69, 9.17) is 10.00 Å². The summed E-state index contributed by atoms with van der Waals surface area (Å²) in [6, 6.07) is 16.4. The Bertz CT molecular complexity index is 1000. The molecule has 25 heavy (non-hydrogen) atoms. The summed E-state index contributed by atoms with van der Waals surface area (Å²) in [6.45, 7) is 1.94. The molecule has 0 radical (unpaired) electrons. The first-order valence-electron chi connectivity index (χ1n) is 7.65. The van der Waals surface area contributed by atoms with Crippen LogP contribution in [0, 0.1) is 18.3 Å². The average molecular weight is 332 g/mol. The molecular weight excluding hydrogens is 316 g/mol. The van der Waals surface area contributed by atoms with Crippen molar-refractivity contribution in [2.45, 2.75) is 6.92 Å². The number of anilines is 2. The molecular formula is C19H16N4O2. The monoisotopic (exact) mass is 332 g/mol. The van der Waals surface area contributed by atoms with Crippen molar-refractivity contribution in [2.24, 2.45) is 7.05 Å². The maximum absolute atomic E-state index is 12.3. The van der Waals surface area contributed by atoms with Crippen LogP contribution in [0.1, 0.15) is 11.1 Å². The molecule has 6 nitrogen and oxygen atoms in total. The lowest BCUT2D eigenvalue weighted by Gasteiger charge is -2.11. The molecule has 2 aromatic carbocycles. The minimum Gasteiger partial charge on any atom is -0.437 e. The minimum atomic E-state index is -0.276. The molecule has 1 aromatic heterocycles.